The van der Waals surface area contributed by atoms with Gasteiger partial charge in [-0.2, -0.15) is 0 Å². The summed E-state index contributed by atoms with van der Waals surface area (Å²) in [6.45, 7) is 2.08. The Hall–Kier alpha value is -2.73. The van der Waals surface area contributed by atoms with E-state index in [4.69, 9.17) is 0 Å². The number of pyridine rings is 1. The first-order chi connectivity index (χ1) is 13.2. The third kappa shape index (κ3) is 3.85. The van der Waals surface area contributed by atoms with Crippen molar-refractivity contribution in [3.05, 3.63) is 53.5 Å². The van der Waals surface area contributed by atoms with Crippen LogP contribution < -0.4 is 5.32 Å². The van der Waals surface area contributed by atoms with Crippen molar-refractivity contribution in [3.63, 3.8) is 0 Å². The average Bonchev–Trinajstić information content (AvgIpc) is 3.31. The molecule has 1 aromatic carbocycles. The van der Waals surface area contributed by atoms with Crippen LogP contribution in [-0.2, 0) is 4.79 Å². The second-order valence-electron chi connectivity index (χ2n) is 6.65. The molecular weight excluding hydrogens is 358 g/mol. The quantitative estimate of drug-likeness (QED) is 0.664. The maximum Gasteiger partial charge on any atom is 0.269 e. The molecule has 5 nitrogen and oxygen atoms in total. The summed E-state index contributed by atoms with van der Waals surface area (Å²) in [5.74, 6) is 0.0443. The van der Waals surface area contributed by atoms with Crippen molar-refractivity contribution in [3.8, 4) is 11.3 Å². The van der Waals surface area contributed by atoms with Gasteiger partial charge >= 0.3 is 0 Å². The van der Waals surface area contributed by atoms with Gasteiger partial charge < -0.3 is 10.2 Å². The van der Waals surface area contributed by atoms with E-state index in [0.717, 1.165) is 36.0 Å². The summed E-state index contributed by atoms with van der Waals surface area (Å²) in [4.78, 5) is 30.5. The number of rotatable bonds is 6. The number of nitrogens with zero attached hydrogens (tertiary/aromatic N) is 2. The molecule has 0 aliphatic carbocycles. The standard InChI is InChI=1S/C21H21N3O2S/c25-20-10-4-12-24(20)13-5-11-22-21(26)18-8-3-7-17(23-18)16-14-27-19-9-2-1-6-15(16)19/h1-3,6-9,14H,4-5,10-13H2,(H,22,26). The van der Waals surface area contributed by atoms with Crippen molar-refractivity contribution in [2.45, 2.75) is 19.3 Å². The molecule has 0 bridgehead atoms. The van der Waals surface area contributed by atoms with E-state index in [1.165, 1.54) is 4.70 Å². The second-order valence-corrected chi connectivity index (χ2v) is 7.56. The number of carbonyl (C=O) groups is 2. The van der Waals surface area contributed by atoms with E-state index in [1.807, 2.05) is 29.2 Å². The Kier molecular flexibility index (Phi) is 5.16. The van der Waals surface area contributed by atoms with Crippen molar-refractivity contribution >= 4 is 33.2 Å². The number of amides is 2. The van der Waals surface area contributed by atoms with Crippen LogP contribution in [0.5, 0.6) is 0 Å². The van der Waals surface area contributed by atoms with Gasteiger partial charge in [-0.05, 0) is 31.0 Å². The van der Waals surface area contributed by atoms with Crippen LogP contribution in [0.15, 0.2) is 47.8 Å². The number of benzene rings is 1. The van der Waals surface area contributed by atoms with Crippen LogP contribution in [0.25, 0.3) is 21.3 Å². The van der Waals surface area contributed by atoms with Crippen LogP contribution in [0.1, 0.15) is 29.8 Å². The smallest absolute Gasteiger partial charge is 0.269 e. The molecule has 6 heteroatoms. The molecular formula is C21H21N3O2S. The maximum absolute atomic E-state index is 12.4. The summed E-state index contributed by atoms with van der Waals surface area (Å²) >= 11 is 1.68. The molecule has 0 atom stereocenters. The molecule has 1 aliphatic rings. The fourth-order valence-corrected chi connectivity index (χ4v) is 4.34. The first-order valence-corrected chi connectivity index (χ1v) is 10.1. The van der Waals surface area contributed by atoms with E-state index in [-0.39, 0.29) is 11.8 Å². The van der Waals surface area contributed by atoms with Gasteiger partial charge in [-0.15, -0.1) is 11.3 Å². The van der Waals surface area contributed by atoms with Crippen molar-refractivity contribution < 1.29 is 9.59 Å². The Bertz CT molecular complexity index is 982. The Balaban J connectivity index is 1.40. The largest absolute Gasteiger partial charge is 0.351 e. The number of fused-ring (bicyclic) bond motifs is 1. The van der Waals surface area contributed by atoms with Crippen LogP contribution in [0.3, 0.4) is 0 Å². The van der Waals surface area contributed by atoms with E-state index < -0.39 is 0 Å². The van der Waals surface area contributed by atoms with E-state index in [9.17, 15) is 9.59 Å². The van der Waals surface area contributed by atoms with E-state index in [1.54, 1.807) is 17.4 Å². The topological polar surface area (TPSA) is 62.3 Å². The number of hydrogen-bond donors (Lipinski definition) is 1. The minimum absolute atomic E-state index is 0.177. The van der Waals surface area contributed by atoms with Crippen molar-refractivity contribution in [1.29, 1.82) is 0 Å². The summed E-state index contributed by atoms with van der Waals surface area (Å²) in [5.41, 5.74) is 2.28. The molecule has 2 amide bonds. The fraction of sp³-hybridized carbons (Fsp3) is 0.286. The molecule has 0 unspecified atom stereocenters. The summed E-state index contributed by atoms with van der Waals surface area (Å²) in [5, 5.41) is 6.15. The zero-order valence-electron chi connectivity index (χ0n) is 15.0. The number of nitrogens with one attached hydrogen (secondary N) is 1. The Labute approximate surface area is 162 Å². The number of hydrogen-bond acceptors (Lipinski definition) is 4. The highest BCUT2D eigenvalue weighted by molar-refractivity contribution is 7.17. The molecule has 0 saturated carbocycles. The van der Waals surface area contributed by atoms with Crippen LogP contribution >= 0.6 is 11.3 Å². The number of likely N-dealkylation sites (tertiary alicyclic amines) is 1. The highest BCUT2D eigenvalue weighted by Gasteiger charge is 2.19. The molecule has 3 aromatic rings. The summed E-state index contributed by atoms with van der Waals surface area (Å²) in [6, 6.07) is 13.7. The number of aromatic nitrogens is 1. The van der Waals surface area contributed by atoms with Crippen LogP contribution in [0.2, 0.25) is 0 Å². The molecule has 4 rings (SSSR count). The molecule has 1 N–H and O–H groups in total. The average molecular weight is 379 g/mol. The number of carbonyl (C=O) groups excluding carboxylic acids is 2. The molecule has 27 heavy (non-hydrogen) atoms. The summed E-state index contributed by atoms with van der Waals surface area (Å²) < 4.78 is 1.21. The lowest BCUT2D eigenvalue weighted by Crippen LogP contribution is -2.31. The molecule has 1 fully saturated rings. The van der Waals surface area contributed by atoms with Gasteiger partial charge in [-0.3, -0.25) is 9.59 Å². The van der Waals surface area contributed by atoms with Crippen molar-refractivity contribution in [1.82, 2.24) is 15.2 Å². The minimum atomic E-state index is -0.177. The highest BCUT2D eigenvalue weighted by Crippen LogP contribution is 2.32. The zero-order valence-corrected chi connectivity index (χ0v) is 15.8. The molecule has 2 aromatic heterocycles. The maximum atomic E-state index is 12.4. The Morgan fingerprint density at radius 2 is 2.07 bits per heavy atom. The fourth-order valence-electron chi connectivity index (χ4n) is 3.39. The SMILES string of the molecule is O=C(NCCCN1CCCC1=O)c1cccc(-c2csc3ccccc23)n1. The van der Waals surface area contributed by atoms with Crippen molar-refractivity contribution in [2.75, 3.05) is 19.6 Å². The van der Waals surface area contributed by atoms with Crippen molar-refractivity contribution in [2.24, 2.45) is 0 Å². The predicted molar refractivity (Wildman–Crippen MR) is 108 cm³/mol. The normalized spacial score (nSPS) is 14.1. The molecule has 3 heterocycles. The van der Waals surface area contributed by atoms with E-state index in [2.05, 4.69) is 27.8 Å². The third-order valence-corrected chi connectivity index (χ3v) is 5.76. The summed E-state index contributed by atoms with van der Waals surface area (Å²) in [7, 11) is 0. The van der Waals surface area contributed by atoms with Gasteiger partial charge in [0.1, 0.15) is 5.69 Å². The molecule has 0 radical (unpaired) electrons. The second kappa shape index (κ2) is 7.88. The minimum Gasteiger partial charge on any atom is -0.351 e. The van der Waals surface area contributed by atoms with Gasteiger partial charge in [0, 0.05) is 47.1 Å². The zero-order chi connectivity index (χ0) is 18.6. The van der Waals surface area contributed by atoms with Gasteiger partial charge in [-0.1, -0.05) is 24.3 Å². The first-order valence-electron chi connectivity index (χ1n) is 9.22. The summed E-state index contributed by atoms with van der Waals surface area (Å²) in [6.07, 6.45) is 2.35. The van der Waals surface area contributed by atoms with E-state index >= 15 is 0 Å². The Morgan fingerprint density at radius 1 is 1.19 bits per heavy atom. The predicted octanol–water partition coefficient (Wildman–Crippen LogP) is 3.71. The van der Waals surface area contributed by atoms with Gasteiger partial charge in [0.05, 0.1) is 5.69 Å². The van der Waals surface area contributed by atoms with Gasteiger partial charge in [0.15, 0.2) is 0 Å². The van der Waals surface area contributed by atoms with Gasteiger partial charge in [-0.25, -0.2) is 4.98 Å². The number of thiophene rings is 1. The lowest BCUT2D eigenvalue weighted by atomic mass is 10.1. The first kappa shape index (κ1) is 17.7. The third-order valence-electron chi connectivity index (χ3n) is 4.80. The van der Waals surface area contributed by atoms with Crippen LogP contribution in [-0.4, -0.2) is 41.3 Å². The molecule has 138 valence electrons. The van der Waals surface area contributed by atoms with Crippen LogP contribution in [0.4, 0.5) is 0 Å². The van der Waals surface area contributed by atoms with Gasteiger partial charge in [0.2, 0.25) is 5.91 Å². The monoisotopic (exact) mass is 379 g/mol. The highest BCUT2D eigenvalue weighted by atomic mass is 32.1. The lowest BCUT2D eigenvalue weighted by Gasteiger charge is -2.15. The molecule has 1 aliphatic heterocycles. The Morgan fingerprint density at radius 3 is 2.93 bits per heavy atom. The van der Waals surface area contributed by atoms with Crippen LogP contribution in [0, 0.1) is 0 Å². The molecule has 0 spiro atoms. The lowest BCUT2D eigenvalue weighted by molar-refractivity contribution is -0.127. The van der Waals surface area contributed by atoms with E-state index in [0.29, 0.717) is 25.2 Å². The molecule has 1 saturated heterocycles. The van der Waals surface area contributed by atoms with Gasteiger partial charge in [0.25, 0.3) is 5.91 Å².